The summed E-state index contributed by atoms with van der Waals surface area (Å²) in [6, 6.07) is 0.371. The van der Waals surface area contributed by atoms with E-state index in [2.05, 4.69) is 44.6 Å². The van der Waals surface area contributed by atoms with Gasteiger partial charge in [0.2, 0.25) is 5.95 Å². The zero-order valence-corrected chi connectivity index (χ0v) is 12.1. The number of methoxy groups -OCH3 is 1. The van der Waals surface area contributed by atoms with Crippen LogP contribution in [0.4, 0.5) is 11.8 Å². The molecule has 6 heteroatoms. The number of rotatable bonds is 6. The molecule has 2 N–H and O–H groups in total. The van der Waals surface area contributed by atoms with Gasteiger partial charge in [-0.1, -0.05) is 6.92 Å². The summed E-state index contributed by atoms with van der Waals surface area (Å²) in [6.45, 7) is 5.73. The van der Waals surface area contributed by atoms with Gasteiger partial charge in [0, 0.05) is 25.9 Å². The molecular formula is C11H19BrN4O. The molecule has 0 fully saturated rings. The van der Waals surface area contributed by atoms with Crippen molar-refractivity contribution in [1.82, 2.24) is 9.97 Å². The lowest BCUT2D eigenvalue weighted by Crippen LogP contribution is -2.36. The van der Waals surface area contributed by atoms with Gasteiger partial charge in [0.15, 0.2) is 0 Å². The highest BCUT2D eigenvalue weighted by Gasteiger charge is 2.17. The zero-order chi connectivity index (χ0) is 12.8. The van der Waals surface area contributed by atoms with Gasteiger partial charge < -0.3 is 15.4 Å². The molecule has 0 saturated heterocycles. The van der Waals surface area contributed by atoms with Gasteiger partial charge in [0.05, 0.1) is 11.1 Å². The largest absolute Gasteiger partial charge is 0.383 e. The molecule has 0 aliphatic rings. The number of aromatic nitrogens is 2. The van der Waals surface area contributed by atoms with Crippen molar-refractivity contribution in [1.29, 1.82) is 0 Å². The highest BCUT2D eigenvalue weighted by Crippen LogP contribution is 2.25. The number of nitrogens with two attached hydrogens (primary N) is 1. The molecule has 1 aromatic rings. The van der Waals surface area contributed by atoms with Crippen molar-refractivity contribution >= 4 is 27.7 Å². The Hall–Kier alpha value is -0.880. The van der Waals surface area contributed by atoms with Crippen LogP contribution in [0.25, 0.3) is 0 Å². The summed E-state index contributed by atoms with van der Waals surface area (Å²) in [5.74, 6) is 1.11. The molecule has 5 nitrogen and oxygen atoms in total. The van der Waals surface area contributed by atoms with Crippen molar-refractivity contribution in [3.05, 3.63) is 10.7 Å². The van der Waals surface area contributed by atoms with Crippen LogP contribution >= 0.6 is 15.9 Å². The fourth-order valence-electron chi connectivity index (χ4n) is 1.52. The highest BCUT2D eigenvalue weighted by molar-refractivity contribution is 9.10. The summed E-state index contributed by atoms with van der Waals surface area (Å²) in [5, 5.41) is 0. The first-order valence-corrected chi connectivity index (χ1v) is 6.43. The van der Waals surface area contributed by atoms with Crippen LogP contribution < -0.4 is 10.6 Å². The maximum absolute atomic E-state index is 5.63. The van der Waals surface area contributed by atoms with Gasteiger partial charge in [-0.3, -0.25) is 0 Å². The van der Waals surface area contributed by atoms with E-state index in [0.717, 1.165) is 23.3 Å². The standard InChI is InChI=1S/C11H19BrN4O/c1-4-8(2)16(5-6-17-3)10-9(12)7-14-11(13)15-10/h7-8H,4-6H2,1-3H3,(H2,13,14,15). The first kappa shape index (κ1) is 14.2. The first-order valence-electron chi connectivity index (χ1n) is 5.63. The van der Waals surface area contributed by atoms with E-state index in [-0.39, 0.29) is 5.95 Å². The Labute approximate surface area is 111 Å². The van der Waals surface area contributed by atoms with E-state index in [1.54, 1.807) is 13.3 Å². The Morgan fingerprint density at radius 1 is 1.59 bits per heavy atom. The van der Waals surface area contributed by atoms with Crippen LogP contribution in [0.1, 0.15) is 20.3 Å². The van der Waals surface area contributed by atoms with Crippen LogP contribution in [-0.4, -0.2) is 36.3 Å². The van der Waals surface area contributed by atoms with Crippen LogP contribution in [0, 0.1) is 0 Å². The summed E-state index contributed by atoms with van der Waals surface area (Å²) in [5.41, 5.74) is 5.63. The predicted molar refractivity (Wildman–Crippen MR) is 73.1 cm³/mol. The van der Waals surface area contributed by atoms with Crippen LogP contribution in [0.15, 0.2) is 10.7 Å². The number of halogens is 1. The van der Waals surface area contributed by atoms with Gasteiger partial charge in [-0.15, -0.1) is 0 Å². The Bertz CT molecular complexity index is 361. The minimum atomic E-state index is 0.286. The van der Waals surface area contributed by atoms with Crippen LogP contribution in [-0.2, 0) is 4.74 Å². The van der Waals surface area contributed by atoms with E-state index in [4.69, 9.17) is 10.5 Å². The molecular weight excluding hydrogens is 284 g/mol. The molecule has 0 spiro atoms. The maximum Gasteiger partial charge on any atom is 0.222 e. The maximum atomic E-state index is 5.63. The molecule has 1 aromatic heterocycles. The normalized spacial score (nSPS) is 12.5. The average molecular weight is 303 g/mol. The van der Waals surface area contributed by atoms with Crippen LogP contribution in [0.5, 0.6) is 0 Å². The van der Waals surface area contributed by atoms with Crippen molar-refractivity contribution in [3.8, 4) is 0 Å². The molecule has 0 bridgehead atoms. The Balaban J connectivity index is 2.98. The van der Waals surface area contributed by atoms with Crippen molar-refractivity contribution < 1.29 is 4.74 Å². The van der Waals surface area contributed by atoms with E-state index in [9.17, 15) is 0 Å². The highest BCUT2D eigenvalue weighted by atomic mass is 79.9. The van der Waals surface area contributed by atoms with E-state index in [1.807, 2.05) is 0 Å². The second-order valence-corrected chi connectivity index (χ2v) is 4.70. The molecule has 1 atom stereocenters. The fraction of sp³-hybridized carbons (Fsp3) is 0.636. The van der Waals surface area contributed by atoms with Crippen molar-refractivity contribution in [2.45, 2.75) is 26.3 Å². The Morgan fingerprint density at radius 2 is 2.29 bits per heavy atom. The topological polar surface area (TPSA) is 64.3 Å². The van der Waals surface area contributed by atoms with Crippen molar-refractivity contribution in [2.75, 3.05) is 30.9 Å². The molecule has 1 heterocycles. The molecule has 0 radical (unpaired) electrons. The van der Waals surface area contributed by atoms with Gasteiger partial charge >= 0.3 is 0 Å². The van der Waals surface area contributed by atoms with E-state index < -0.39 is 0 Å². The lowest BCUT2D eigenvalue weighted by Gasteiger charge is -2.30. The number of ether oxygens (including phenoxy) is 1. The van der Waals surface area contributed by atoms with Crippen molar-refractivity contribution in [3.63, 3.8) is 0 Å². The fourth-order valence-corrected chi connectivity index (χ4v) is 1.94. The Kier molecular flexibility index (Phi) is 5.64. The number of hydrogen-bond acceptors (Lipinski definition) is 5. The first-order chi connectivity index (χ1) is 8.10. The van der Waals surface area contributed by atoms with E-state index in [1.165, 1.54) is 0 Å². The summed E-state index contributed by atoms with van der Waals surface area (Å²) >= 11 is 3.46. The number of hydrogen-bond donors (Lipinski definition) is 1. The Morgan fingerprint density at radius 3 is 2.88 bits per heavy atom. The van der Waals surface area contributed by atoms with Gasteiger partial charge in [-0.25, -0.2) is 4.98 Å². The molecule has 96 valence electrons. The summed E-state index contributed by atoms with van der Waals surface area (Å²) in [4.78, 5) is 10.4. The molecule has 1 rings (SSSR count). The molecule has 17 heavy (non-hydrogen) atoms. The lowest BCUT2D eigenvalue weighted by molar-refractivity contribution is 0.203. The second-order valence-electron chi connectivity index (χ2n) is 3.84. The predicted octanol–water partition coefficient (Wildman–Crippen LogP) is 2.07. The second kappa shape index (κ2) is 6.76. The smallest absolute Gasteiger partial charge is 0.222 e. The average Bonchev–Trinajstić information content (AvgIpc) is 2.33. The van der Waals surface area contributed by atoms with Gasteiger partial charge in [-0.05, 0) is 29.3 Å². The third kappa shape index (κ3) is 3.81. The van der Waals surface area contributed by atoms with E-state index in [0.29, 0.717) is 12.6 Å². The van der Waals surface area contributed by atoms with Gasteiger partial charge in [0.25, 0.3) is 0 Å². The summed E-state index contributed by atoms with van der Waals surface area (Å²) in [6.07, 6.45) is 2.71. The zero-order valence-electron chi connectivity index (χ0n) is 10.5. The van der Waals surface area contributed by atoms with Crippen LogP contribution in [0.2, 0.25) is 0 Å². The number of nitrogen functional groups attached to an aromatic ring is 1. The molecule has 1 unspecified atom stereocenters. The third-order valence-corrected chi connectivity index (χ3v) is 3.23. The summed E-state index contributed by atoms with van der Waals surface area (Å²) < 4.78 is 5.98. The third-order valence-electron chi connectivity index (χ3n) is 2.68. The minimum absolute atomic E-state index is 0.286. The summed E-state index contributed by atoms with van der Waals surface area (Å²) in [7, 11) is 1.69. The quantitative estimate of drug-likeness (QED) is 0.871. The van der Waals surface area contributed by atoms with Crippen LogP contribution in [0.3, 0.4) is 0 Å². The molecule has 0 aliphatic heterocycles. The van der Waals surface area contributed by atoms with Crippen molar-refractivity contribution in [2.24, 2.45) is 0 Å². The van der Waals surface area contributed by atoms with E-state index >= 15 is 0 Å². The lowest BCUT2D eigenvalue weighted by atomic mass is 10.2. The molecule has 0 aliphatic carbocycles. The number of nitrogens with zero attached hydrogens (tertiary/aromatic N) is 3. The minimum Gasteiger partial charge on any atom is -0.383 e. The number of anilines is 2. The van der Waals surface area contributed by atoms with Gasteiger partial charge in [-0.2, -0.15) is 4.98 Å². The SMILES string of the molecule is CCC(C)N(CCOC)c1nc(N)ncc1Br. The molecule has 0 amide bonds. The monoisotopic (exact) mass is 302 g/mol. The molecule has 0 saturated carbocycles. The van der Waals surface area contributed by atoms with Gasteiger partial charge in [0.1, 0.15) is 5.82 Å². The molecule has 0 aromatic carbocycles.